The number of hydrogen-bond acceptors (Lipinski definition) is 3. The van der Waals surface area contributed by atoms with E-state index in [2.05, 4.69) is 0 Å². The third kappa shape index (κ3) is 1.40. The monoisotopic (exact) mass is 194 g/mol. The van der Waals surface area contributed by atoms with Crippen molar-refractivity contribution >= 4 is 11.3 Å². The first-order valence-electron chi connectivity index (χ1n) is 4.41. The lowest BCUT2D eigenvalue weighted by Gasteiger charge is -2.11. The molecule has 1 aliphatic rings. The van der Waals surface area contributed by atoms with Crippen molar-refractivity contribution < 1.29 is 0 Å². The van der Waals surface area contributed by atoms with Gasteiger partial charge in [0.25, 0.3) is 0 Å². The SMILES string of the molecule is N#CCn1c2c(sc1=O)CCCC2. The van der Waals surface area contributed by atoms with Gasteiger partial charge in [0.1, 0.15) is 6.54 Å². The molecule has 1 aromatic rings. The molecule has 1 aliphatic carbocycles. The number of hydrogen-bond donors (Lipinski definition) is 0. The maximum Gasteiger partial charge on any atom is 0.308 e. The lowest BCUT2D eigenvalue weighted by atomic mass is 10.0. The summed E-state index contributed by atoms with van der Waals surface area (Å²) < 4.78 is 1.62. The summed E-state index contributed by atoms with van der Waals surface area (Å²) in [5, 5.41) is 8.56. The maximum atomic E-state index is 11.4. The molecule has 0 bridgehead atoms. The van der Waals surface area contributed by atoms with Gasteiger partial charge in [-0.05, 0) is 25.7 Å². The van der Waals surface area contributed by atoms with Gasteiger partial charge in [-0.25, -0.2) is 0 Å². The third-order valence-electron chi connectivity index (χ3n) is 2.37. The number of nitriles is 1. The molecule has 0 saturated heterocycles. The van der Waals surface area contributed by atoms with Gasteiger partial charge in [0, 0.05) is 10.6 Å². The molecular formula is C9H10N2OS. The van der Waals surface area contributed by atoms with Crippen LogP contribution in [0, 0.1) is 11.3 Å². The molecule has 0 spiro atoms. The van der Waals surface area contributed by atoms with Gasteiger partial charge < -0.3 is 0 Å². The van der Waals surface area contributed by atoms with Crippen LogP contribution in [-0.2, 0) is 19.4 Å². The summed E-state index contributed by atoms with van der Waals surface area (Å²) in [7, 11) is 0. The highest BCUT2D eigenvalue weighted by atomic mass is 32.1. The molecule has 1 heterocycles. The van der Waals surface area contributed by atoms with Gasteiger partial charge in [-0.2, -0.15) is 5.26 Å². The summed E-state index contributed by atoms with van der Waals surface area (Å²) >= 11 is 1.31. The Morgan fingerprint density at radius 3 is 3.00 bits per heavy atom. The van der Waals surface area contributed by atoms with E-state index < -0.39 is 0 Å². The van der Waals surface area contributed by atoms with E-state index in [-0.39, 0.29) is 11.4 Å². The van der Waals surface area contributed by atoms with Crippen molar-refractivity contribution in [1.29, 1.82) is 5.26 Å². The highest BCUT2D eigenvalue weighted by Gasteiger charge is 2.17. The number of nitrogens with zero attached hydrogens (tertiary/aromatic N) is 2. The number of aryl methyl sites for hydroxylation is 1. The normalized spacial score (nSPS) is 15.0. The van der Waals surface area contributed by atoms with Crippen molar-refractivity contribution in [3.8, 4) is 6.07 Å². The van der Waals surface area contributed by atoms with Crippen molar-refractivity contribution in [1.82, 2.24) is 4.57 Å². The van der Waals surface area contributed by atoms with E-state index >= 15 is 0 Å². The highest BCUT2D eigenvalue weighted by Crippen LogP contribution is 2.22. The molecule has 0 unspecified atom stereocenters. The van der Waals surface area contributed by atoms with Gasteiger partial charge in [0.15, 0.2) is 0 Å². The number of fused-ring (bicyclic) bond motifs is 1. The molecule has 1 aromatic heterocycles. The lowest BCUT2D eigenvalue weighted by molar-refractivity contribution is 0.632. The molecule has 0 fully saturated rings. The standard InChI is InChI=1S/C9H10N2OS/c10-5-6-11-7-3-1-2-4-8(7)13-9(11)12/h1-4,6H2. The molecule has 13 heavy (non-hydrogen) atoms. The lowest BCUT2D eigenvalue weighted by Crippen LogP contribution is -2.16. The molecule has 0 aliphatic heterocycles. The van der Waals surface area contributed by atoms with Gasteiger partial charge in [-0.3, -0.25) is 9.36 Å². The topological polar surface area (TPSA) is 45.8 Å². The number of rotatable bonds is 1. The minimum Gasteiger partial charge on any atom is -0.289 e. The van der Waals surface area contributed by atoms with Gasteiger partial charge in [0.05, 0.1) is 6.07 Å². The number of thiazole rings is 1. The first-order valence-corrected chi connectivity index (χ1v) is 5.23. The summed E-state index contributed by atoms with van der Waals surface area (Å²) in [5.74, 6) is 0. The molecule has 0 aromatic carbocycles. The highest BCUT2D eigenvalue weighted by molar-refractivity contribution is 7.09. The molecule has 0 atom stereocenters. The van der Waals surface area contributed by atoms with Crippen molar-refractivity contribution in [2.24, 2.45) is 0 Å². The van der Waals surface area contributed by atoms with E-state index in [1.165, 1.54) is 22.6 Å². The van der Waals surface area contributed by atoms with Gasteiger partial charge in [-0.15, -0.1) is 0 Å². The Labute approximate surface area is 80.2 Å². The average molecular weight is 194 g/mol. The second kappa shape index (κ2) is 3.35. The van der Waals surface area contributed by atoms with E-state index in [4.69, 9.17) is 5.26 Å². The first kappa shape index (κ1) is 8.52. The van der Waals surface area contributed by atoms with Crippen LogP contribution in [0.1, 0.15) is 23.4 Å². The fourth-order valence-electron chi connectivity index (χ4n) is 1.76. The Morgan fingerprint density at radius 2 is 2.23 bits per heavy atom. The summed E-state index contributed by atoms with van der Waals surface area (Å²) in [6.45, 7) is 0.213. The smallest absolute Gasteiger partial charge is 0.289 e. The molecular weight excluding hydrogens is 184 g/mol. The minimum absolute atomic E-state index is 0.0356. The Hall–Kier alpha value is -1.08. The minimum atomic E-state index is 0.0356. The van der Waals surface area contributed by atoms with Crippen LogP contribution >= 0.6 is 11.3 Å². The molecule has 4 heteroatoms. The van der Waals surface area contributed by atoms with Crippen LogP contribution in [0.25, 0.3) is 0 Å². The van der Waals surface area contributed by atoms with Crippen molar-refractivity contribution in [2.45, 2.75) is 32.2 Å². The molecule has 0 saturated carbocycles. The van der Waals surface area contributed by atoms with E-state index in [1.54, 1.807) is 4.57 Å². The molecule has 0 amide bonds. The first-order chi connectivity index (χ1) is 6.33. The van der Waals surface area contributed by atoms with Crippen LogP contribution in [0.3, 0.4) is 0 Å². The average Bonchev–Trinajstić information content (AvgIpc) is 2.44. The van der Waals surface area contributed by atoms with Crippen molar-refractivity contribution in [3.05, 3.63) is 20.2 Å². The van der Waals surface area contributed by atoms with E-state index in [9.17, 15) is 4.79 Å². The van der Waals surface area contributed by atoms with E-state index in [0.29, 0.717) is 0 Å². The second-order valence-electron chi connectivity index (χ2n) is 3.19. The largest absolute Gasteiger partial charge is 0.308 e. The van der Waals surface area contributed by atoms with Crippen LogP contribution < -0.4 is 4.87 Å². The quantitative estimate of drug-likeness (QED) is 0.676. The zero-order valence-corrected chi connectivity index (χ0v) is 8.06. The van der Waals surface area contributed by atoms with E-state index in [0.717, 1.165) is 25.0 Å². The van der Waals surface area contributed by atoms with Gasteiger partial charge >= 0.3 is 4.87 Å². The van der Waals surface area contributed by atoms with Crippen LogP contribution in [0.15, 0.2) is 4.79 Å². The summed E-state index contributed by atoms with van der Waals surface area (Å²) in [6, 6.07) is 2.03. The Kier molecular flexibility index (Phi) is 2.19. The predicted molar refractivity (Wildman–Crippen MR) is 50.8 cm³/mol. The molecule has 3 nitrogen and oxygen atoms in total. The maximum absolute atomic E-state index is 11.4. The summed E-state index contributed by atoms with van der Waals surface area (Å²) in [4.78, 5) is 12.7. The molecule has 0 N–H and O–H groups in total. The Bertz CT molecular complexity index is 410. The van der Waals surface area contributed by atoms with Crippen molar-refractivity contribution in [3.63, 3.8) is 0 Å². The van der Waals surface area contributed by atoms with E-state index in [1.807, 2.05) is 6.07 Å². The zero-order chi connectivity index (χ0) is 9.26. The van der Waals surface area contributed by atoms with Gasteiger partial charge in [0.2, 0.25) is 0 Å². The van der Waals surface area contributed by atoms with Crippen LogP contribution in [0.2, 0.25) is 0 Å². The second-order valence-corrected chi connectivity index (χ2v) is 4.24. The van der Waals surface area contributed by atoms with Crippen molar-refractivity contribution in [2.75, 3.05) is 0 Å². The van der Waals surface area contributed by atoms with Crippen LogP contribution in [-0.4, -0.2) is 4.57 Å². The fourth-order valence-corrected chi connectivity index (χ4v) is 2.83. The molecule has 68 valence electrons. The third-order valence-corrected chi connectivity index (χ3v) is 3.46. The van der Waals surface area contributed by atoms with Crippen LogP contribution in [0.4, 0.5) is 0 Å². The van der Waals surface area contributed by atoms with Gasteiger partial charge in [-0.1, -0.05) is 11.3 Å². The van der Waals surface area contributed by atoms with Crippen LogP contribution in [0.5, 0.6) is 0 Å². The zero-order valence-electron chi connectivity index (χ0n) is 7.25. The summed E-state index contributed by atoms with van der Waals surface area (Å²) in [5.41, 5.74) is 1.11. The predicted octanol–water partition coefficient (Wildman–Crippen LogP) is 1.31. The molecule has 0 radical (unpaired) electrons. The molecule has 2 rings (SSSR count). The Morgan fingerprint density at radius 1 is 1.46 bits per heavy atom. The number of aromatic nitrogens is 1. The Balaban J connectivity index is 2.49. The fraction of sp³-hybridized carbons (Fsp3) is 0.556. The summed E-state index contributed by atoms with van der Waals surface area (Å²) in [6.07, 6.45) is 4.32.